The highest BCUT2D eigenvalue weighted by molar-refractivity contribution is 6.31. The molecule has 3 amide bonds. The molecule has 0 bridgehead atoms. The molecule has 1 aliphatic heterocycles. The van der Waals surface area contributed by atoms with Gasteiger partial charge >= 0.3 is 6.18 Å². The van der Waals surface area contributed by atoms with E-state index in [1.807, 2.05) is 6.07 Å². The topological polar surface area (TPSA) is 93.5 Å². The van der Waals surface area contributed by atoms with Crippen molar-refractivity contribution in [3.8, 4) is 6.07 Å². The van der Waals surface area contributed by atoms with Gasteiger partial charge in [0.25, 0.3) is 5.91 Å². The predicted octanol–water partition coefficient (Wildman–Crippen LogP) is 3.81. The van der Waals surface area contributed by atoms with Crippen LogP contribution < -0.4 is 5.32 Å². The van der Waals surface area contributed by atoms with Crippen molar-refractivity contribution in [1.82, 2.24) is 9.80 Å². The second-order valence-electron chi connectivity index (χ2n) is 7.83. The van der Waals surface area contributed by atoms with Gasteiger partial charge in [-0.25, -0.2) is 0 Å². The molecule has 2 aromatic carbocycles. The number of anilines is 1. The zero-order valence-corrected chi connectivity index (χ0v) is 18.7. The molecule has 1 saturated heterocycles. The van der Waals surface area contributed by atoms with Gasteiger partial charge in [0.2, 0.25) is 11.8 Å². The number of benzene rings is 2. The molecule has 0 saturated carbocycles. The number of carbonyl (C=O) groups excluding carboxylic acids is 3. The molecule has 0 spiro atoms. The number of hydrogen-bond donors (Lipinski definition) is 1. The molecule has 0 aromatic heterocycles. The summed E-state index contributed by atoms with van der Waals surface area (Å²) in [6.07, 6.45) is -4.61. The largest absolute Gasteiger partial charge is 0.417 e. The molecule has 1 aliphatic rings. The van der Waals surface area contributed by atoms with E-state index < -0.39 is 47.1 Å². The Hall–Kier alpha value is -3.58. The van der Waals surface area contributed by atoms with Gasteiger partial charge in [-0.2, -0.15) is 18.4 Å². The molecule has 0 aliphatic carbocycles. The number of alkyl halides is 3. The van der Waals surface area contributed by atoms with Crippen LogP contribution in [0.2, 0.25) is 5.02 Å². The number of hydrogen-bond acceptors (Lipinski definition) is 4. The van der Waals surface area contributed by atoms with E-state index in [1.54, 1.807) is 30.3 Å². The summed E-state index contributed by atoms with van der Waals surface area (Å²) in [7, 11) is 1.26. The van der Waals surface area contributed by atoms with E-state index in [9.17, 15) is 32.8 Å². The number of nitrogens with zero attached hydrogens (tertiary/aromatic N) is 3. The van der Waals surface area contributed by atoms with E-state index >= 15 is 0 Å². The molecule has 7 nitrogen and oxygen atoms in total. The first kappa shape index (κ1) is 25.1. The number of amides is 3. The molecule has 11 heteroatoms. The lowest BCUT2D eigenvalue weighted by Gasteiger charge is -2.24. The summed E-state index contributed by atoms with van der Waals surface area (Å²) in [5.41, 5.74) is -0.862. The minimum atomic E-state index is -4.74. The average Bonchev–Trinajstić information content (AvgIpc) is 3.23. The van der Waals surface area contributed by atoms with Crippen LogP contribution in [0.4, 0.5) is 18.9 Å². The van der Waals surface area contributed by atoms with E-state index in [4.69, 9.17) is 11.6 Å². The number of rotatable bonds is 5. The number of para-hydroxylation sites is 1. The first-order valence-corrected chi connectivity index (χ1v) is 10.6. The summed E-state index contributed by atoms with van der Waals surface area (Å²) >= 11 is 5.59. The van der Waals surface area contributed by atoms with Gasteiger partial charge < -0.3 is 15.1 Å². The molecule has 1 N–H and O–H groups in total. The molecule has 2 aromatic rings. The van der Waals surface area contributed by atoms with Crippen molar-refractivity contribution in [2.24, 2.45) is 5.92 Å². The second kappa shape index (κ2) is 10.1. The Morgan fingerprint density at radius 1 is 1.21 bits per heavy atom. The molecule has 1 heterocycles. The summed E-state index contributed by atoms with van der Waals surface area (Å²) in [4.78, 5) is 40.2. The molecule has 1 fully saturated rings. The quantitative estimate of drug-likeness (QED) is 0.687. The molecular formula is C23H20ClF3N4O3. The van der Waals surface area contributed by atoms with Crippen molar-refractivity contribution in [3.05, 3.63) is 64.7 Å². The van der Waals surface area contributed by atoms with Crippen LogP contribution in [0.25, 0.3) is 0 Å². The number of halogens is 4. The first-order chi connectivity index (χ1) is 16.0. The third kappa shape index (κ3) is 5.66. The lowest BCUT2D eigenvalue weighted by atomic mass is 10.1. The Morgan fingerprint density at radius 3 is 2.50 bits per heavy atom. The molecule has 0 radical (unpaired) electrons. The van der Waals surface area contributed by atoms with Gasteiger partial charge in [-0.05, 0) is 36.8 Å². The van der Waals surface area contributed by atoms with Crippen molar-refractivity contribution in [1.29, 1.82) is 5.26 Å². The summed E-state index contributed by atoms with van der Waals surface area (Å²) < 4.78 is 39.3. The first-order valence-electron chi connectivity index (χ1n) is 10.2. The zero-order chi connectivity index (χ0) is 25.0. The number of nitrogens with one attached hydrogen (secondary N) is 1. The maximum Gasteiger partial charge on any atom is 0.417 e. The maximum atomic E-state index is 13.1. The fraction of sp³-hybridized carbons (Fsp3) is 0.304. The average molecular weight is 493 g/mol. The number of carbonyl (C=O) groups is 3. The third-order valence-electron chi connectivity index (χ3n) is 5.42. The standard InChI is InChI=1S/C23H20ClF3N4O3/c1-30(22(34)14-7-8-19(24)18(10-14)23(25,26)27)13-20(32)31-12-15(9-17(31)11-28)21(33)29-16-5-3-2-4-6-16/h2-8,10,15,17H,9,12-13H2,1H3,(H,29,33). The predicted molar refractivity (Wildman–Crippen MR) is 118 cm³/mol. The maximum absolute atomic E-state index is 13.1. The van der Waals surface area contributed by atoms with Crippen LogP contribution in [-0.4, -0.2) is 53.7 Å². The van der Waals surface area contributed by atoms with Crippen LogP contribution in [0.5, 0.6) is 0 Å². The van der Waals surface area contributed by atoms with Gasteiger partial charge in [0, 0.05) is 24.8 Å². The number of nitriles is 1. The third-order valence-corrected chi connectivity index (χ3v) is 5.75. The Bertz CT molecular complexity index is 1130. The van der Waals surface area contributed by atoms with Crippen molar-refractivity contribution in [3.63, 3.8) is 0 Å². The molecular weight excluding hydrogens is 473 g/mol. The van der Waals surface area contributed by atoms with E-state index in [-0.39, 0.29) is 24.4 Å². The number of likely N-dealkylation sites (tertiary alicyclic amines) is 1. The molecule has 2 unspecified atom stereocenters. The lowest BCUT2D eigenvalue weighted by Crippen LogP contribution is -2.43. The van der Waals surface area contributed by atoms with Crippen molar-refractivity contribution in [2.75, 3.05) is 25.5 Å². The highest BCUT2D eigenvalue weighted by atomic mass is 35.5. The lowest BCUT2D eigenvalue weighted by molar-refractivity contribution is -0.137. The molecule has 3 rings (SSSR count). The van der Waals surface area contributed by atoms with Crippen molar-refractivity contribution in [2.45, 2.75) is 18.6 Å². The molecule has 2 atom stereocenters. The minimum absolute atomic E-state index is 0.0169. The van der Waals surface area contributed by atoms with Gasteiger partial charge in [-0.15, -0.1) is 0 Å². The van der Waals surface area contributed by atoms with Crippen molar-refractivity contribution >= 4 is 35.0 Å². The molecule has 34 heavy (non-hydrogen) atoms. The van der Waals surface area contributed by atoms with Gasteiger partial charge in [0.05, 0.1) is 29.1 Å². The van der Waals surface area contributed by atoms with Crippen LogP contribution in [0.3, 0.4) is 0 Å². The summed E-state index contributed by atoms with van der Waals surface area (Å²) in [6.45, 7) is -0.495. The van der Waals surface area contributed by atoms with Crippen LogP contribution in [-0.2, 0) is 15.8 Å². The van der Waals surface area contributed by atoms with E-state index in [0.29, 0.717) is 11.8 Å². The summed E-state index contributed by atoms with van der Waals surface area (Å²) in [5.74, 6) is -2.38. The smallest absolute Gasteiger partial charge is 0.332 e. The van der Waals surface area contributed by atoms with E-state index in [0.717, 1.165) is 17.0 Å². The SMILES string of the molecule is CN(CC(=O)N1CC(C(=O)Nc2ccccc2)CC1C#N)C(=O)c1ccc(Cl)c(C(F)(F)F)c1. The normalized spacial score (nSPS) is 17.7. The van der Waals surface area contributed by atoms with E-state index in [1.165, 1.54) is 11.9 Å². The van der Waals surface area contributed by atoms with Crippen molar-refractivity contribution < 1.29 is 27.6 Å². The summed E-state index contributed by atoms with van der Waals surface area (Å²) in [5, 5.41) is 11.6. The van der Waals surface area contributed by atoms with Gasteiger partial charge in [0.1, 0.15) is 6.04 Å². The highest BCUT2D eigenvalue weighted by Gasteiger charge is 2.39. The zero-order valence-electron chi connectivity index (χ0n) is 18.0. The van der Waals surface area contributed by atoms with E-state index in [2.05, 4.69) is 5.32 Å². The van der Waals surface area contributed by atoms with Gasteiger partial charge in [-0.1, -0.05) is 29.8 Å². The Balaban J connectivity index is 1.66. The minimum Gasteiger partial charge on any atom is -0.332 e. The Labute approximate surface area is 198 Å². The van der Waals surface area contributed by atoms with Crippen LogP contribution in [0, 0.1) is 17.2 Å². The van der Waals surface area contributed by atoms with Gasteiger partial charge in [0.15, 0.2) is 0 Å². The summed E-state index contributed by atoms with van der Waals surface area (Å²) in [6, 6.07) is 12.6. The van der Waals surface area contributed by atoms with Crippen LogP contribution in [0.15, 0.2) is 48.5 Å². The Morgan fingerprint density at radius 2 is 1.88 bits per heavy atom. The van der Waals surface area contributed by atoms with Gasteiger partial charge in [-0.3, -0.25) is 14.4 Å². The highest BCUT2D eigenvalue weighted by Crippen LogP contribution is 2.35. The Kier molecular flexibility index (Phi) is 7.47. The van der Waals surface area contributed by atoms with Crippen LogP contribution >= 0.6 is 11.6 Å². The molecule has 178 valence electrons. The van der Waals surface area contributed by atoms with Crippen LogP contribution in [0.1, 0.15) is 22.3 Å². The monoisotopic (exact) mass is 492 g/mol. The fourth-order valence-corrected chi connectivity index (χ4v) is 3.88. The second-order valence-corrected chi connectivity index (χ2v) is 8.24. The number of likely N-dealkylation sites (N-methyl/N-ethyl adjacent to an activating group) is 1. The fourth-order valence-electron chi connectivity index (χ4n) is 3.65.